The highest BCUT2D eigenvalue weighted by molar-refractivity contribution is 14.1. The van der Waals surface area contributed by atoms with Crippen molar-refractivity contribution in [3.05, 3.63) is 126 Å². The lowest BCUT2D eigenvalue weighted by Crippen LogP contribution is -2.47. The molecule has 4 heterocycles. The first-order valence-electron chi connectivity index (χ1n) is 19.6. The quantitative estimate of drug-likeness (QED) is 0.0772. The molecule has 2 aliphatic rings. The molecule has 4 aromatic carbocycles. The summed E-state index contributed by atoms with van der Waals surface area (Å²) >= 11 is 2.40. The fraction of sp³-hybridized carbons (Fsp3) is 0.311. The van der Waals surface area contributed by atoms with Crippen LogP contribution >= 0.6 is 22.6 Å². The van der Waals surface area contributed by atoms with Crippen LogP contribution in [-0.4, -0.2) is 99.6 Å². The van der Waals surface area contributed by atoms with Gasteiger partial charge in [-0.15, -0.1) is 0 Å². The summed E-state index contributed by atoms with van der Waals surface area (Å²) in [6.07, 6.45) is 4.64. The second kappa shape index (κ2) is 16.5. The number of oxazole rings is 1. The molecule has 2 aliphatic heterocycles. The van der Waals surface area contributed by atoms with E-state index in [1.54, 1.807) is 11.1 Å². The normalized spacial score (nSPS) is 19.3. The van der Waals surface area contributed by atoms with Gasteiger partial charge in [-0.2, -0.15) is 0 Å². The molecule has 0 spiro atoms. The van der Waals surface area contributed by atoms with Crippen molar-refractivity contribution in [3.63, 3.8) is 0 Å². The van der Waals surface area contributed by atoms with Gasteiger partial charge in [0, 0.05) is 24.3 Å². The van der Waals surface area contributed by atoms with E-state index in [9.17, 15) is 14.4 Å². The number of hydrogen-bond acceptors (Lipinski definition) is 8. The molecular weight excluding hydrogens is 843 g/mol. The molecule has 3 amide bonds. The first-order chi connectivity index (χ1) is 28.0. The molecule has 2 N–H and O–H groups in total. The number of amides is 3. The number of likely N-dealkylation sites (N-methyl/N-ethyl adjacent to an activating group) is 2. The maximum absolute atomic E-state index is 14.3. The molecule has 2 fully saturated rings. The fourth-order valence-corrected chi connectivity index (χ4v) is 9.53. The SMILES string of the molecule is CN(C)C(C(=O)N1CCCC1C(=O)Nc1cccc(-c2cnc(-c3cccc4[nH]c(C5(I)CCCN5C(=O)C(c5ccccc5)N(C)C)nc34)o2)c1)c1ccccc1. The number of para-hydroxylation sites is 1. The number of rotatable bonds is 11. The first kappa shape index (κ1) is 39.4. The summed E-state index contributed by atoms with van der Waals surface area (Å²) in [6.45, 7) is 1.16. The summed E-state index contributed by atoms with van der Waals surface area (Å²) in [6, 6.07) is 31.4. The molecule has 4 unspecified atom stereocenters. The molecule has 0 saturated carbocycles. The van der Waals surface area contributed by atoms with Crippen molar-refractivity contribution in [1.29, 1.82) is 0 Å². The number of nitrogens with zero attached hydrogens (tertiary/aromatic N) is 6. The summed E-state index contributed by atoms with van der Waals surface area (Å²) in [5.41, 5.74) is 5.42. The van der Waals surface area contributed by atoms with E-state index in [0.717, 1.165) is 47.0 Å². The Bertz CT molecular complexity index is 2430. The van der Waals surface area contributed by atoms with Crippen LogP contribution in [0, 0.1) is 0 Å². The van der Waals surface area contributed by atoms with E-state index < -0.39 is 21.7 Å². The van der Waals surface area contributed by atoms with Gasteiger partial charge in [0.25, 0.3) is 0 Å². The van der Waals surface area contributed by atoms with Crippen LogP contribution in [0.4, 0.5) is 5.69 Å². The maximum Gasteiger partial charge on any atom is 0.247 e. The van der Waals surface area contributed by atoms with Gasteiger partial charge in [0.1, 0.15) is 29.5 Å². The second-order valence-corrected chi connectivity index (χ2v) is 17.3. The van der Waals surface area contributed by atoms with Crippen molar-refractivity contribution >= 4 is 57.0 Å². The summed E-state index contributed by atoms with van der Waals surface area (Å²) in [7, 11) is 7.64. The van der Waals surface area contributed by atoms with Gasteiger partial charge in [0.2, 0.25) is 23.6 Å². The minimum Gasteiger partial charge on any atom is -0.436 e. The lowest BCUT2D eigenvalue weighted by Gasteiger charge is -2.36. The Morgan fingerprint density at radius 1 is 0.845 bits per heavy atom. The van der Waals surface area contributed by atoms with Gasteiger partial charge < -0.3 is 24.5 Å². The number of halogens is 1. The Labute approximate surface area is 351 Å². The number of carbonyl (C=O) groups is 3. The second-order valence-electron chi connectivity index (χ2n) is 15.5. The van der Waals surface area contributed by atoms with E-state index >= 15 is 0 Å². The Morgan fingerprint density at radius 2 is 1.52 bits per heavy atom. The van der Waals surface area contributed by atoms with Crippen LogP contribution in [-0.2, 0) is 17.9 Å². The van der Waals surface area contributed by atoms with E-state index in [1.807, 2.05) is 146 Å². The maximum atomic E-state index is 14.3. The third kappa shape index (κ3) is 7.53. The number of H-pyrrole nitrogens is 1. The third-order valence-electron chi connectivity index (χ3n) is 11.2. The molecular formula is C45H47IN8O4. The smallest absolute Gasteiger partial charge is 0.247 e. The molecule has 298 valence electrons. The lowest BCUT2D eigenvalue weighted by atomic mass is 10.0. The highest BCUT2D eigenvalue weighted by atomic mass is 127. The minimum atomic E-state index is -0.667. The average Bonchev–Trinajstić information content (AvgIpc) is 4.05. The van der Waals surface area contributed by atoms with E-state index in [-0.39, 0.29) is 17.7 Å². The average molecular weight is 891 g/mol. The number of alkyl halides is 1. The summed E-state index contributed by atoms with van der Waals surface area (Å²) in [5.74, 6) is 1.37. The van der Waals surface area contributed by atoms with Crippen LogP contribution in [0.3, 0.4) is 0 Å². The molecule has 6 aromatic rings. The highest BCUT2D eigenvalue weighted by Crippen LogP contribution is 2.46. The van der Waals surface area contributed by atoms with E-state index in [4.69, 9.17) is 9.40 Å². The van der Waals surface area contributed by atoms with E-state index in [2.05, 4.69) is 37.9 Å². The highest BCUT2D eigenvalue weighted by Gasteiger charge is 2.47. The van der Waals surface area contributed by atoms with Gasteiger partial charge >= 0.3 is 0 Å². The van der Waals surface area contributed by atoms with Crippen molar-refractivity contribution in [2.45, 2.75) is 47.4 Å². The summed E-state index contributed by atoms with van der Waals surface area (Å²) in [5, 5.41) is 3.06. The third-order valence-corrected chi connectivity index (χ3v) is 12.8. The molecule has 8 rings (SSSR count). The molecule has 0 bridgehead atoms. The van der Waals surface area contributed by atoms with Gasteiger partial charge in [0.05, 0.1) is 17.3 Å². The predicted octanol–water partition coefficient (Wildman–Crippen LogP) is 7.63. The Kier molecular flexibility index (Phi) is 11.2. The molecule has 0 aliphatic carbocycles. The van der Waals surface area contributed by atoms with Gasteiger partial charge in [-0.05, 0) is 112 Å². The number of aromatic amines is 1. The van der Waals surface area contributed by atoms with Crippen LogP contribution in [0.2, 0.25) is 0 Å². The van der Waals surface area contributed by atoms with Crippen LogP contribution < -0.4 is 5.32 Å². The molecule has 13 heteroatoms. The minimum absolute atomic E-state index is 0.0367. The van der Waals surface area contributed by atoms with Crippen LogP contribution in [0.5, 0.6) is 0 Å². The zero-order chi connectivity index (χ0) is 40.6. The number of carbonyl (C=O) groups excluding carboxylic acids is 3. The number of fused-ring (bicyclic) bond motifs is 1. The predicted molar refractivity (Wildman–Crippen MR) is 233 cm³/mol. The number of imidazole rings is 1. The number of aromatic nitrogens is 3. The molecule has 2 saturated heterocycles. The first-order valence-corrected chi connectivity index (χ1v) is 20.7. The standard InChI is InChI=1S/C45H47IN8O4/c1-51(2)38(29-15-7-5-8-16-29)42(56)53-25-13-23-35(53)40(55)48-32-20-11-19-31(27-32)36-28-47-41(58-36)33-21-12-22-34-37(33)50-44(49-34)45(46)24-14-26-54(45)43(57)39(52(3)4)30-17-9-6-10-18-30/h5-12,15-22,27-28,35,38-39H,13-14,23-26H2,1-4H3,(H,48,55)(H,49,50). The van der Waals surface area contributed by atoms with Crippen molar-refractivity contribution in [1.82, 2.24) is 34.6 Å². The lowest BCUT2D eigenvalue weighted by molar-refractivity contribution is -0.140. The number of benzene rings is 4. The number of hydrogen-bond donors (Lipinski definition) is 2. The van der Waals surface area contributed by atoms with E-state index in [0.29, 0.717) is 48.2 Å². The zero-order valence-electron chi connectivity index (χ0n) is 33.1. The molecule has 0 radical (unpaired) electrons. The Morgan fingerprint density at radius 3 is 2.21 bits per heavy atom. The van der Waals surface area contributed by atoms with Gasteiger partial charge in [-0.3, -0.25) is 24.2 Å². The molecule has 58 heavy (non-hydrogen) atoms. The fourth-order valence-electron chi connectivity index (χ4n) is 8.41. The number of likely N-dealkylation sites (tertiary alicyclic amines) is 2. The van der Waals surface area contributed by atoms with Crippen molar-refractivity contribution in [3.8, 4) is 22.8 Å². The Hall–Kier alpha value is -5.38. The van der Waals surface area contributed by atoms with Gasteiger partial charge in [-0.25, -0.2) is 9.97 Å². The van der Waals surface area contributed by atoms with Crippen molar-refractivity contribution in [2.75, 3.05) is 46.6 Å². The van der Waals surface area contributed by atoms with Crippen LogP contribution in [0.15, 0.2) is 114 Å². The molecule has 4 atom stereocenters. The van der Waals surface area contributed by atoms with Gasteiger partial charge in [0.15, 0.2) is 9.31 Å². The molecule has 12 nitrogen and oxygen atoms in total. The summed E-state index contributed by atoms with van der Waals surface area (Å²) in [4.78, 5) is 62.8. The zero-order valence-corrected chi connectivity index (χ0v) is 35.2. The van der Waals surface area contributed by atoms with Gasteiger partial charge in [-0.1, -0.05) is 78.9 Å². The summed E-state index contributed by atoms with van der Waals surface area (Å²) < 4.78 is 5.71. The molecule has 2 aromatic heterocycles. The topological polar surface area (TPSA) is 131 Å². The van der Waals surface area contributed by atoms with Crippen molar-refractivity contribution < 1.29 is 18.8 Å². The van der Waals surface area contributed by atoms with E-state index in [1.165, 1.54) is 0 Å². The number of anilines is 1. The Balaban J connectivity index is 1.01. The van der Waals surface area contributed by atoms with Crippen LogP contribution in [0.25, 0.3) is 33.8 Å². The largest absolute Gasteiger partial charge is 0.436 e. The van der Waals surface area contributed by atoms with Crippen LogP contribution in [0.1, 0.15) is 54.7 Å². The van der Waals surface area contributed by atoms with Crippen molar-refractivity contribution in [2.24, 2.45) is 0 Å². The monoisotopic (exact) mass is 890 g/mol. The number of nitrogens with one attached hydrogen (secondary N) is 2.